The molecule has 0 saturated carbocycles. The molecule has 1 aromatic heterocycles. The Morgan fingerprint density at radius 3 is 2.76 bits per heavy atom. The van der Waals surface area contributed by atoms with E-state index in [9.17, 15) is 0 Å². The quantitative estimate of drug-likeness (QED) is 0.788. The zero-order valence-corrected chi connectivity index (χ0v) is 11.6. The lowest BCUT2D eigenvalue weighted by molar-refractivity contribution is 0.230. The molecule has 0 aliphatic heterocycles. The van der Waals surface area contributed by atoms with Gasteiger partial charge >= 0.3 is 0 Å². The van der Waals surface area contributed by atoms with Crippen molar-refractivity contribution in [2.75, 3.05) is 7.05 Å². The van der Waals surface area contributed by atoms with Crippen molar-refractivity contribution in [3.63, 3.8) is 0 Å². The highest BCUT2D eigenvalue weighted by Gasteiger charge is 2.14. The number of nitrogens with zero attached hydrogens (tertiary/aromatic N) is 2. The molecule has 0 saturated heterocycles. The summed E-state index contributed by atoms with van der Waals surface area (Å²) in [5, 5.41) is 0. The summed E-state index contributed by atoms with van der Waals surface area (Å²) < 4.78 is 0. The van der Waals surface area contributed by atoms with Gasteiger partial charge in [-0.15, -0.1) is 0 Å². The van der Waals surface area contributed by atoms with Crippen LogP contribution in [0.5, 0.6) is 0 Å². The minimum atomic E-state index is 0.398. The number of hydrogen-bond donors (Lipinski definition) is 1. The summed E-state index contributed by atoms with van der Waals surface area (Å²) in [5.41, 5.74) is 7.76. The summed E-state index contributed by atoms with van der Waals surface area (Å²) >= 11 is 4.98. The first-order chi connectivity index (χ1) is 8.02. The number of rotatable bonds is 6. The second-order valence-electron chi connectivity index (χ2n) is 4.42. The third kappa shape index (κ3) is 4.79. The van der Waals surface area contributed by atoms with E-state index >= 15 is 0 Å². The Labute approximate surface area is 109 Å². The fraction of sp³-hybridized carbons (Fsp3) is 0.538. The van der Waals surface area contributed by atoms with E-state index in [-0.39, 0.29) is 0 Å². The van der Waals surface area contributed by atoms with Crippen LogP contribution in [-0.4, -0.2) is 28.0 Å². The molecular weight excluding hydrogens is 230 g/mol. The highest BCUT2D eigenvalue weighted by atomic mass is 32.1. The normalized spacial score (nSPS) is 12.7. The maximum Gasteiger partial charge on any atom is 0.0743 e. The molecule has 0 aromatic carbocycles. The standard InChI is InChI=1S/C13H21N3S/c1-4-12(8-13(14)17)16(3)9-11-7-5-6-10(2)15-11/h5-7,12H,4,8-9H2,1-3H3,(H2,14,17). The van der Waals surface area contributed by atoms with Crippen LogP contribution < -0.4 is 5.73 Å². The van der Waals surface area contributed by atoms with Crippen LogP contribution in [0.3, 0.4) is 0 Å². The van der Waals surface area contributed by atoms with E-state index < -0.39 is 0 Å². The molecule has 17 heavy (non-hydrogen) atoms. The minimum absolute atomic E-state index is 0.398. The van der Waals surface area contributed by atoms with E-state index in [2.05, 4.69) is 29.9 Å². The molecule has 1 heterocycles. The molecule has 3 nitrogen and oxygen atoms in total. The largest absolute Gasteiger partial charge is 0.393 e. The second kappa shape index (κ2) is 6.67. The van der Waals surface area contributed by atoms with Crippen LogP contribution in [0.4, 0.5) is 0 Å². The molecule has 1 unspecified atom stereocenters. The van der Waals surface area contributed by atoms with E-state index in [0.717, 1.165) is 30.8 Å². The maximum atomic E-state index is 5.61. The van der Waals surface area contributed by atoms with Gasteiger partial charge in [-0.3, -0.25) is 9.88 Å². The summed E-state index contributed by atoms with van der Waals surface area (Å²) in [4.78, 5) is 7.35. The lowest BCUT2D eigenvalue weighted by Gasteiger charge is -2.26. The number of thiocarbonyl (C=S) groups is 1. The van der Waals surface area contributed by atoms with Crippen LogP contribution in [0.25, 0.3) is 0 Å². The van der Waals surface area contributed by atoms with Gasteiger partial charge in [0.1, 0.15) is 0 Å². The van der Waals surface area contributed by atoms with E-state index in [1.165, 1.54) is 0 Å². The zero-order valence-electron chi connectivity index (χ0n) is 10.8. The fourth-order valence-corrected chi connectivity index (χ4v) is 2.11. The SMILES string of the molecule is CCC(CC(N)=S)N(C)Cc1cccc(C)n1. The van der Waals surface area contributed by atoms with Gasteiger partial charge in [-0.2, -0.15) is 0 Å². The van der Waals surface area contributed by atoms with Crippen LogP contribution in [0.2, 0.25) is 0 Å². The molecule has 0 aliphatic rings. The van der Waals surface area contributed by atoms with Crippen molar-refractivity contribution < 1.29 is 0 Å². The molecule has 0 amide bonds. The van der Waals surface area contributed by atoms with Crippen LogP contribution in [0, 0.1) is 6.92 Å². The van der Waals surface area contributed by atoms with Crippen molar-refractivity contribution >= 4 is 17.2 Å². The van der Waals surface area contributed by atoms with Crippen LogP contribution in [0.1, 0.15) is 31.2 Å². The third-order valence-electron chi connectivity index (χ3n) is 2.89. The molecule has 0 fully saturated rings. The number of pyridine rings is 1. The number of aromatic nitrogens is 1. The number of hydrogen-bond acceptors (Lipinski definition) is 3. The van der Waals surface area contributed by atoms with Crippen molar-refractivity contribution in [2.24, 2.45) is 5.73 Å². The summed E-state index contributed by atoms with van der Waals surface area (Å²) in [6, 6.07) is 6.50. The monoisotopic (exact) mass is 251 g/mol. The van der Waals surface area contributed by atoms with Crippen LogP contribution in [-0.2, 0) is 6.54 Å². The average molecular weight is 251 g/mol. The van der Waals surface area contributed by atoms with Gasteiger partial charge in [0, 0.05) is 24.7 Å². The Balaban J connectivity index is 2.63. The van der Waals surface area contributed by atoms with Crippen molar-refractivity contribution in [3.05, 3.63) is 29.6 Å². The topological polar surface area (TPSA) is 42.1 Å². The van der Waals surface area contributed by atoms with E-state index in [4.69, 9.17) is 18.0 Å². The molecule has 2 N–H and O–H groups in total. The number of nitrogens with two attached hydrogens (primary N) is 1. The molecule has 1 rings (SSSR count). The molecule has 0 spiro atoms. The third-order valence-corrected chi connectivity index (χ3v) is 3.06. The van der Waals surface area contributed by atoms with Gasteiger partial charge in [-0.25, -0.2) is 0 Å². The first kappa shape index (κ1) is 14.1. The summed E-state index contributed by atoms with van der Waals surface area (Å²) in [6.45, 7) is 5.00. The lowest BCUT2D eigenvalue weighted by atomic mass is 10.1. The zero-order chi connectivity index (χ0) is 12.8. The molecule has 0 bridgehead atoms. The van der Waals surface area contributed by atoms with Gasteiger partial charge in [-0.05, 0) is 32.5 Å². The lowest BCUT2D eigenvalue weighted by Crippen LogP contribution is -2.34. The summed E-state index contributed by atoms with van der Waals surface area (Å²) in [7, 11) is 2.09. The molecule has 1 aromatic rings. The highest BCUT2D eigenvalue weighted by Crippen LogP contribution is 2.10. The Bertz CT molecular complexity index is 379. The average Bonchev–Trinajstić information content (AvgIpc) is 2.25. The highest BCUT2D eigenvalue weighted by molar-refractivity contribution is 7.80. The molecule has 4 heteroatoms. The second-order valence-corrected chi connectivity index (χ2v) is 4.94. The van der Waals surface area contributed by atoms with Crippen LogP contribution >= 0.6 is 12.2 Å². The predicted octanol–water partition coefficient (Wildman–Crippen LogP) is 2.28. The molecule has 94 valence electrons. The van der Waals surface area contributed by atoms with Gasteiger partial charge in [0.25, 0.3) is 0 Å². The first-order valence-corrected chi connectivity index (χ1v) is 6.34. The Kier molecular flexibility index (Phi) is 5.51. The van der Waals surface area contributed by atoms with E-state index in [0.29, 0.717) is 11.0 Å². The van der Waals surface area contributed by atoms with E-state index in [1.54, 1.807) is 0 Å². The maximum absolute atomic E-state index is 5.61. The molecule has 1 atom stereocenters. The van der Waals surface area contributed by atoms with Crippen molar-refractivity contribution in [3.8, 4) is 0 Å². The van der Waals surface area contributed by atoms with Gasteiger partial charge in [-0.1, -0.05) is 25.2 Å². The van der Waals surface area contributed by atoms with Gasteiger partial charge in [0.15, 0.2) is 0 Å². The predicted molar refractivity (Wildman–Crippen MR) is 75.9 cm³/mol. The first-order valence-electron chi connectivity index (χ1n) is 5.94. The summed E-state index contributed by atoms with van der Waals surface area (Å²) in [5.74, 6) is 0. The molecule has 0 radical (unpaired) electrons. The van der Waals surface area contributed by atoms with Crippen LogP contribution in [0.15, 0.2) is 18.2 Å². The summed E-state index contributed by atoms with van der Waals surface area (Å²) in [6.07, 6.45) is 1.81. The van der Waals surface area contributed by atoms with Crippen molar-refractivity contribution in [2.45, 2.75) is 39.3 Å². The van der Waals surface area contributed by atoms with Gasteiger partial charge < -0.3 is 5.73 Å². The smallest absolute Gasteiger partial charge is 0.0743 e. The number of aryl methyl sites for hydroxylation is 1. The Morgan fingerprint density at radius 1 is 1.53 bits per heavy atom. The fourth-order valence-electron chi connectivity index (χ4n) is 1.92. The van der Waals surface area contributed by atoms with E-state index in [1.807, 2.05) is 19.1 Å². The molecule has 0 aliphatic carbocycles. The van der Waals surface area contributed by atoms with Crippen molar-refractivity contribution in [1.29, 1.82) is 0 Å². The Morgan fingerprint density at radius 2 is 2.24 bits per heavy atom. The van der Waals surface area contributed by atoms with Gasteiger partial charge in [0.05, 0.1) is 10.7 Å². The molecular formula is C13H21N3S. The van der Waals surface area contributed by atoms with Gasteiger partial charge in [0.2, 0.25) is 0 Å². The van der Waals surface area contributed by atoms with Crippen molar-refractivity contribution in [1.82, 2.24) is 9.88 Å². The Hall–Kier alpha value is -1.00. The minimum Gasteiger partial charge on any atom is -0.393 e.